The molecule has 2 amide bonds. The summed E-state index contributed by atoms with van der Waals surface area (Å²) in [5.74, 6) is -0.262. The van der Waals surface area contributed by atoms with Crippen LogP contribution in [0.1, 0.15) is 24.0 Å². The van der Waals surface area contributed by atoms with Crippen molar-refractivity contribution in [2.45, 2.75) is 26.7 Å². The van der Waals surface area contributed by atoms with E-state index in [0.29, 0.717) is 25.1 Å². The number of benzene rings is 2. The first-order chi connectivity index (χ1) is 15.5. The SMILES string of the molecule is Cc1ccc(C)c(N2N=C(C(=O)NCCN3CCN(c4ccccc4)CC3)CCC2=O)c1. The molecule has 1 saturated heterocycles. The van der Waals surface area contributed by atoms with Crippen molar-refractivity contribution >= 4 is 28.9 Å². The van der Waals surface area contributed by atoms with Gasteiger partial charge in [-0.3, -0.25) is 14.5 Å². The molecule has 0 spiro atoms. The van der Waals surface area contributed by atoms with Crippen molar-refractivity contribution in [3.8, 4) is 0 Å². The van der Waals surface area contributed by atoms with Crippen LogP contribution in [0.4, 0.5) is 11.4 Å². The molecule has 2 aliphatic heterocycles. The number of hydrogen-bond acceptors (Lipinski definition) is 5. The van der Waals surface area contributed by atoms with Gasteiger partial charge in [0, 0.05) is 57.8 Å². The summed E-state index contributed by atoms with van der Waals surface area (Å²) in [5.41, 5.74) is 4.44. The molecule has 2 aromatic rings. The Morgan fingerprint density at radius 3 is 2.50 bits per heavy atom. The summed E-state index contributed by atoms with van der Waals surface area (Å²) in [6.45, 7) is 9.22. The van der Waals surface area contributed by atoms with Crippen LogP contribution in [0, 0.1) is 13.8 Å². The lowest BCUT2D eigenvalue weighted by Crippen LogP contribution is -2.49. The zero-order valence-corrected chi connectivity index (χ0v) is 18.9. The van der Waals surface area contributed by atoms with Crippen molar-refractivity contribution in [2.24, 2.45) is 5.10 Å². The summed E-state index contributed by atoms with van der Waals surface area (Å²) >= 11 is 0. The molecule has 32 heavy (non-hydrogen) atoms. The average Bonchev–Trinajstić information content (AvgIpc) is 2.82. The molecule has 0 radical (unpaired) electrons. The maximum absolute atomic E-state index is 12.7. The van der Waals surface area contributed by atoms with Crippen LogP contribution in [-0.2, 0) is 9.59 Å². The topological polar surface area (TPSA) is 68.2 Å². The van der Waals surface area contributed by atoms with Crippen molar-refractivity contribution in [2.75, 3.05) is 49.2 Å². The Kier molecular flexibility index (Phi) is 6.85. The van der Waals surface area contributed by atoms with Gasteiger partial charge in [-0.25, -0.2) is 5.01 Å². The smallest absolute Gasteiger partial charge is 0.267 e. The van der Waals surface area contributed by atoms with Crippen LogP contribution in [0.2, 0.25) is 0 Å². The number of nitrogens with one attached hydrogen (secondary N) is 1. The van der Waals surface area contributed by atoms with E-state index in [1.807, 2.05) is 38.1 Å². The van der Waals surface area contributed by atoms with Gasteiger partial charge < -0.3 is 10.2 Å². The molecule has 0 aliphatic carbocycles. The van der Waals surface area contributed by atoms with Crippen molar-refractivity contribution < 1.29 is 9.59 Å². The lowest BCUT2D eigenvalue weighted by Gasteiger charge is -2.36. The summed E-state index contributed by atoms with van der Waals surface area (Å²) in [6.07, 6.45) is 0.670. The van der Waals surface area contributed by atoms with Crippen molar-refractivity contribution in [1.82, 2.24) is 10.2 Å². The standard InChI is InChI=1S/C25H31N5O2/c1-19-8-9-20(2)23(18-19)30-24(31)11-10-22(27-30)25(32)26-12-13-28-14-16-29(17-15-28)21-6-4-3-5-7-21/h3-9,18H,10-17H2,1-2H3,(H,26,32). The van der Waals surface area contributed by atoms with Crippen LogP contribution >= 0.6 is 0 Å². The van der Waals surface area contributed by atoms with Crippen LogP contribution in [0.3, 0.4) is 0 Å². The second-order valence-corrected chi connectivity index (χ2v) is 8.46. The van der Waals surface area contributed by atoms with Gasteiger partial charge in [-0.05, 0) is 43.2 Å². The minimum Gasteiger partial charge on any atom is -0.369 e. The molecule has 7 heteroatoms. The molecule has 0 unspecified atom stereocenters. The summed E-state index contributed by atoms with van der Waals surface area (Å²) < 4.78 is 0. The van der Waals surface area contributed by atoms with E-state index >= 15 is 0 Å². The third-order valence-corrected chi connectivity index (χ3v) is 6.09. The Morgan fingerprint density at radius 2 is 1.75 bits per heavy atom. The molecule has 2 aromatic carbocycles. The van der Waals surface area contributed by atoms with E-state index in [2.05, 4.69) is 44.5 Å². The minimum absolute atomic E-state index is 0.0773. The maximum Gasteiger partial charge on any atom is 0.267 e. The van der Waals surface area contributed by atoms with Gasteiger partial charge in [-0.1, -0.05) is 30.3 Å². The molecular formula is C25H31N5O2. The highest BCUT2D eigenvalue weighted by atomic mass is 16.2. The van der Waals surface area contributed by atoms with Crippen LogP contribution in [0.5, 0.6) is 0 Å². The van der Waals surface area contributed by atoms with E-state index in [4.69, 9.17) is 0 Å². The Hall–Kier alpha value is -3.19. The molecule has 0 atom stereocenters. The van der Waals surface area contributed by atoms with E-state index in [0.717, 1.165) is 49.5 Å². The molecule has 4 rings (SSSR count). The molecule has 0 saturated carbocycles. The number of carbonyl (C=O) groups excluding carboxylic acids is 2. The van der Waals surface area contributed by atoms with Gasteiger partial charge in [0.2, 0.25) is 5.91 Å². The van der Waals surface area contributed by atoms with E-state index in [1.54, 1.807) is 0 Å². The number of hydrogen-bond donors (Lipinski definition) is 1. The Labute approximate surface area is 189 Å². The number of carbonyl (C=O) groups is 2. The average molecular weight is 434 g/mol. The first kappa shape index (κ1) is 22.0. The zero-order chi connectivity index (χ0) is 22.5. The number of piperazine rings is 1. The second-order valence-electron chi connectivity index (χ2n) is 8.46. The van der Waals surface area contributed by atoms with E-state index < -0.39 is 0 Å². The molecule has 2 heterocycles. The second kappa shape index (κ2) is 9.96. The third kappa shape index (κ3) is 5.16. The predicted octanol–water partition coefficient (Wildman–Crippen LogP) is 2.72. The molecule has 168 valence electrons. The summed E-state index contributed by atoms with van der Waals surface area (Å²) in [5, 5.41) is 8.80. The van der Waals surface area contributed by atoms with E-state index in [1.165, 1.54) is 10.7 Å². The summed E-state index contributed by atoms with van der Waals surface area (Å²) in [4.78, 5) is 29.9. The number of rotatable bonds is 6. The van der Waals surface area contributed by atoms with E-state index in [-0.39, 0.29) is 11.8 Å². The van der Waals surface area contributed by atoms with Crippen molar-refractivity contribution in [3.63, 3.8) is 0 Å². The predicted molar refractivity (Wildman–Crippen MR) is 128 cm³/mol. The summed E-state index contributed by atoms with van der Waals surface area (Å²) in [7, 11) is 0. The minimum atomic E-state index is -0.185. The number of anilines is 2. The molecule has 0 aromatic heterocycles. The van der Waals surface area contributed by atoms with Crippen molar-refractivity contribution in [3.05, 3.63) is 59.7 Å². The van der Waals surface area contributed by atoms with Crippen LogP contribution < -0.4 is 15.2 Å². The lowest BCUT2D eigenvalue weighted by molar-refractivity contribution is -0.119. The van der Waals surface area contributed by atoms with E-state index in [9.17, 15) is 9.59 Å². The number of amides is 2. The Morgan fingerprint density at radius 1 is 1.00 bits per heavy atom. The van der Waals surface area contributed by atoms with Crippen LogP contribution in [-0.4, -0.2) is 61.7 Å². The quantitative estimate of drug-likeness (QED) is 0.761. The molecule has 2 aliphatic rings. The number of nitrogens with zero attached hydrogens (tertiary/aromatic N) is 4. The van der Waals surface area contributed by atoms with Gasteiger partial charge in [0.25, 0.3) is 5.91 Å². The molecule has 1 N–H and O–H groups in total. The highest BCUT2D eigenvalue weighted by molar-refractivity contribution is 6.40. The fourth-order valence-corrected chi connectivity index (χ4v) is 4.15. The van der Waals surface area contributed by atoms with Gasteiger partial charge >= 0.3 is 0 Å². The fraction of sp³-hybridized carbons (Fsp3) is 0.400. The van der Waals surface area contributed by atoms with Gasteiger partial charge in [-0.2, -0.15) is 5.10 Å². The fourth-order valence-electron chi connectivity index (χ4n) is 4.15. The molecule has 7 nitrogen and oxygen atoms in total. The van der Waals surface area contributed by atoms with Crippen LogP contribution in [0.15, 0.2) is 53.6 Å². The zero-order valence-electron chi connectivity index (χ0n) is 18.9. The largest absolute Gasteiger partial charge is 0.369 e. The number of para-hydroxylation sites is 1. The number of hydrazone groups is 1. The highest BCUT2D eigenvalue weighted by Crippen LogP contribution is 2.25. The van der Waals surface area contributed by atoms with Gasteiger partial charge in [0.05, 0.1) is 5.69 Å². The first-order valence-electron chi connectivity index (χ1n) is 11.3. The number of aryl methyl sites for hydroxylation is 2. The van der Waals surface area contributed by atoms with Gasteiger partial charge in [0.15, 0.2) is 0 Å². The summed E-state index contributed by atoms with van der Waals surface area (Å²) in [6, 6.07) is 16.4. The highest BCUT2D eigenvalue weighted by Gasteiger charge is 2.26. The lowest BCUT2D eigenvalue weighted by atomic mass is 10.1. The monoisotopic (exact) mass is 433 g/mol. The Bertz CT molecular complexity index is 997. The Balaban J connectivity index is 1.28. The van der Waals surface area contributed by atoms with Gasteiger partial charge in [0.1, 0.15) is 5.71 Å². The molecule has 0 bridgehead atoms. The van der Waals surface area contributed by atoms with Crippen molar-refractivity contribution in [1.29, 1.82) is 0 Å². The third-order valence-electron chi connectivity index (χ3n) is 6.09. The molecular weight excluding hydrogens is 402 g/mol. The molecule has 1 fully saturated rings. The maximum atomic E-state index is 12.7. The first-order valence-corrected chi connectivity index (χ1v) is 11.3. The van der Waals surface area contributed by atoms with Gasteiger partial charge in [-0.15, -0.1) is 0 Å². The normalized spacial score (nSPS) is 17.3. The van der Waals surface area contributed by atoms with Crippen LogP contribution in [0.25, 0.3) is 0 Å².